The molecule has 1 aliphatic heterocycles. The van der Waals surface area contributed by atoms with Gasteiger partial charge >= 0.3 is 0 Å². The van der Waals surface area contributed by atoms with Crippen LogP contribution in [0.4, 0.5) is 0 Å². The fraction of sp³-hybridized carbons (Fsp3) is 0.632. The van der Waals surface area contributed by atoms with Crippen molar-refractivity contribution in [3.63, 3.8) is 0 Å². The van der Waals surface area contributed by atoms with Crippen molar-refractivity contribution in [3.8, 4) is 11.5 Å². The molecular formula is C19H29NO3. The number of aromatic hydroxyl groups is 1. The van der Waals surface area contributed by atoms with E-state index in [9.17, 15) is 10.2 Å². The number of rotatable bonds is 6. The van der Waals surface area contributed by atoms with Crippen LogP contribution in [0, 0.1) is 0 Å². The first-order valence-electron chi connectivity index (χ1n) is 8.59. The summed E-state index contributed by atoms with van der Waals surface area (Å²) in [5, 5.41) is 19.8. The zero-order chi connectivity index (χ0) is 17.0. The van der Waals surface area contributed by atoms with Crippen molar-refractivity contribution in [3.05, 3.63) is 23.3 Å². The number of hydrogen-bond acceptors (Lipinski definition) is 4. The lowest BCUT2D eigenvalue weighted by Crippen LogP contribution is -2.37. The molecule has 4 heteroatoms. The summed E-state index contributed by atoms with van der Waals surface area (Å²) in [7, 11) is 0. The van der Waals surface area contributed by atoms with Gasteiger partial charge in [-0.05, 0) is 51.3 Å². The molecule has 0 aliphatic carbocycles. The molecule has 0 saturated heterocycles. The monoisotopic (exact) mass is 319 g/mol. The highest BCUT2D eigenvalue weighted by Gasteiger charge is 2.33. The summed E-state index contributed by atoms with van der Waals surface area (Å²) in [5.41, 5.74) is 2.23. The number of fused-ring (bicyclic) bond motifs is 1. The number of phenolic OH excluding ortho intramolecular Hbond substituents is 1. The van der Waals surface area contributed by atoms with Crippen molar-refractivity contribution < 1.29 is 14.9 Å². The molecule has 0 aromatic heterocycles. The van der Waals surface area contributed by atoms with Crippen molar-refractivity contribution in [2.45, 2.75) is 71.4 Å². The summed E-state index contributed by atoms with van der Waals surface area (Å²) in [6.45, 7) is 8.09. The molecular weight excluding hydrogens is 290 g/mol. The van der Waals surface area contributed by atoms with Crippen LogP contribution < -0.4 is 4.74 Å². The first kappa shape index (κ1) is 17.8. The molecule has 0 radical (unpaired) electrons. The molecule has 1 aromatic rings. The van der Waals surface area contributed by atoms with E-state index in [-0.39, 0.29) is 24.0 Å². The Labute approximate surface area is 139 Å². The van der Waals surface area contributed by atoms with E-state index in [2.05, 4.69) is 11.9 Å². The van der Waals surface area contributed by atoms with Gasteiger partial charge in [-0.15, -0.1) is 0 Å². The molecule has 0 saturated carbocycles. The third kappa shape index (κ3) is 4.47. The Morgan fingerprint density at radius 1 is 1.30 bits per heavy atom. The second-order valence-electron chi connectivity index (χ2n) is 7.09. The highest BCUT2D eigenvalue weighted by atomic mass is 16.5. The average Bonchev–Trinajstić information content (AvgIpc) is 2.45. The molecule has 23 heavy (non-hydrogen) atoms. The van der Waals surface area contributed by atoms with Crippen LogP contribution in [0.3, 0.4) is 0 Å². The van der Waals surface area contributed by atoms with E-state index in [0.717, 1.165) is 24.1 Å². The van der Waals surface area contributed by atoms with Crippen molar-refractivity contribution in [1.82, 2.24) is 0 Å². The lowest BCUT2D eigenvalue weighted by atomic mass is 9.90. The molecule has 128 valence electrons. The predicted molar refractivity (Wildman–Crippen MR) is 93.7 cm³/mol. The SMILES string of the molecule is CCCCCc1cc(O)c2c(c1)OC(C)(C)CC2=NC(C)CO. The van der Waals surface area contributed by atoms with E-state index >= 15 is 0 Å². The number of phenols is 1. The maximum atomic E-state index is 10.5. The number of aryl methyl sites for hydroxylation is 1. The first-order chi connectivity index (χ1) is 10.9. The molecule has 0 fully saturated rings. The van der Waals surface area contributed by atoms with E-state index in [1.165, 1.54) is 12.8 Å². The molecule has 1 aliphatic rings. The Hall–Kier alpha value is -1.55. The average molecular weight is 319 g/mol. The number of aliphatic hydroxyl groups excluding tert-OH is 1. The van der Waals surface area contributed by atoms with Gasteiger partial charge in [-0.3, -0.25) is 4.99 Å². The number of ether oxygens (including phenoxy) is 1. The van der Waals surface area contributed by atoms with Crippen LogP contribution in [0.5, 0.6) is 11.5 Å². The summed E-state index contributed by atoms with van der Waals surface area (Å²) >= 11 is 0. The Kier molecular flexibility index (Phi) is 5.69. The van der Waals surface area contributed by atoms with Crippen molar-refractivity contribution in [2.75, 3.05) is 6.61 Å². The minimum Gasteiger partial charge on any atom is -0.507 e. The van der Waals surface area contributed by atoms with E-state index in [1.807, 2.05) is 32.9 Å². The predicted octanol–water partition coefficient (Wildman–Crippen LogP) is 3.86. The third-order valence-electron chi connectivity index (χ3n) is 4.12. The number of benzene rings is 1. The van der Waals surface area contributed by atoms with Crippen molar-refractivity contribution in [2.24, 2.45) is 4.99 Å². The van der Waals surface area contributed by atoms with E-state index in [1.54, 1.807) is 0 Å². The smallest absolute Gasteiger partial charge is 0.133 e. The lowest BCUT2D eigenvalue weighted by Gasteiger charge is -2.34. The Balaban J connectivity index is 2.39. The van der Waals surface area contributed by atoms with Crippen LogP contribution in [-0.2, 0) is 6.42 Å². The van der Waals surface area contributed by atoms with E-state index in [0.29, 0.717) is 17.7 Å². The van der Waals surface area contributed by atoms with Crippen LogP contribution in [0.25, 0.3) is 0 Å². The maximum absolute atomic E-state index is 10.5. The van der Waals surface area contributed by atoms with Gasteiger partial charge in [-0.25, -0.2) is 0 Å². The Morgan fingerprint density at radius 2 is 2.04 bits per heavy atom. The summed E-state index contributed by atoms with van der Waals surface area (Å²) in [6.07, 6.45) is 5.03. The van der Waals surface area contributed by atoms with Gasteiger partial charge < -0.3 is 14.9 Å². The summed E-state index contributed by atoms with van der Waals surface area (Å²) in [4.78, 5) is 4.58. The number of hydrogen-bond donors (Lipinski definition) is 2. The quantitative estimate of drug-likeness (QED) is 0.783. The molecule has 4 nitrogen and oxygen atoms in total. The summed E-state index contributed by atoms with van der Waals surface area (Å²) in [6, 6.07) is 3.68. The van der Waals surface area contributed by atoms with Crippen molar-refractivity contribution >= 4 is 5.71 Å². The largest absolute Gasteiger partial charge is 0.507 e. The second-order valence-corrected chi connectivity index (χ2v) is 7.09. The highest BCUT2D eigenvalue weighted by molar-refractivity contribution is 6.06. The van der Waals surface area contributed by atoms with Crippen LogP contribution in [0.15, 0.2) is 17.1 Å². The molecule has 1 unspecified atom stereocenters. The fourth-order valence-corrected chi connectivity index (χ4v) is 2.99. The van der Waals surface area contributed by atoms with Crippen LogP contribution in [0.1, 0.15) is 64.5 Å². The van der Waals surface area contributed by atoms with Gasteiger partial charge in [0.1, 0.15) is 17.1 Å². The molecule has 2 N–H and O–H groups in total. The number of unbranched alkanes of at least 4 members (excludes halogenated alkanes) is 2. The van der Waals surface area contributed by atoms with Gasteiger partial charge in [0.2, 0.25) is 0 Å². The Bertz CT molecular complexity index is 578. The van der Waals surface area contributed by atoms with Crippen LogP contribution in [0.2, 0.25) is 0 Å². The van der Waals surface area contributed by atoms with Gasteiger partial charge in [-0.1, -0.05) is 19.8 Å². The minimum atomic E-state index is -0.366. The highest BCUT2D eigenvalue weighted by Crippen LogP contribution is 2.39. The van der Waals surface area contributed by atoms with E-state index < -0.39 is 0 Å². The number of aliphatic imine (C=N–C) groups is 1. The van der Waals surface area contributed by atoms with Gasteiger partial charge in [-0.2, -0.15) is 0 Å². The van der Waals surface area contributed by atoms with Crippen LogP contribution in [-0.4, -0.2) is 34.2 Å². The van der Waals surface area contributed by atoms with Gasteiger partial charge in [0.25, 0.3) is 0 Å². The number of nitrogens with zero attached hydrogens (tertiary/aromatic N) is 1. The summed E-state index contributed by atoms with van der Waals surface area (Å²) < 4.78 is 6.09. The molecule has 1 aromatic carbocycles. The van der Waals surface area contributed by atoms with Crippen LogP contribution >= 0.6 is 0 Å². The molecule has 0 amide bonds. The minimum absolute atomic E-state index is 0.00399. The standard InChI is InChI=1S/C19H29NO3/c1-5-6-7-8-14-9-16(22)18-15(20-13(2)12-21)11-19(3,4)23-17(18)10-14/h9-10,13,21-22H,5-8,11-12H2,1-4H3. The van der Waals surface area contributed by atoms with Crippen molar-refractivity contribution in [1.29, 1.82) is 0 Å². The zero-order valence-corrected chi connectivity index (χ0v) is 14.7. The molecule has 0 spiro atoms. The number of aliphatic hydroxyl groups is 1. The summed E-state index contributed by atoms with van der Waals surface area (Å²) in [5.74, 6) is 0.935. The van der Waals surface area contributed by atoms with Gasteiger partial charge in [0.05, 0.1) is 23.9 Å². The second kappa shape index (κ2) is 7.35. The Morgan fingerprint density at radius 3 is 2.70 bits per heavy atom. The molecule has 2 rings (SSSR count). The topological polar surface area (TPSA) is 62.0 Å². The molecule has 0 bridgehead atoms. The van der Waals surface area contributed by atoms with Gasteiger partial charge in [0, 0.05) is 6.42 Å². The van der Waals surface area contributed by atoms with Gasteiger partial charge in [0.15, 0.2) is 0 Å². The maximum Gasteiger partial charge on any atom is 0.133 e. The normalized spacial score (nSPS) is 19.3. The molecule has 1 atom stereocenters. The van der Waals surface area contributed by atoms with E-state index in [4.69, 9.17) is 4.74 Å². The zero-order valence-electron chi connectivity index (χ0n) is 14.7. The fourth-order valence-electron chi connectivity index (χ4n) is 2.99. The lowest BCUT2D eigenvalue weighted by molar-refractivity contribution is 0.110. The molecule has 1 heterocycles. The third-order valence-corrected chi connectivity index (χ3v) is 4.12. The first-order valence-corrected chi connectivity index (χ1v) is 8.59.